The Balaban J connectivity index is 1.64. The van der Waals surface area contributed by atoms with Gasteiger partial charge in [0.05, 0.1) is 25.6 Å². The van der Waals surface area contributed by atoms with Crippen LogP contribution in [0.3, 0.4) is 0 Å². The topological polar surface area (TPSA) is 89.0 Å². The van der Waals surface area contributed by atoms with Crippen LogP contribution in [0.1, 0.15) is 11.5 Å². The fourth-order valence-corrected chi connectivity index (χ4v) is 1.83. The molecular formula is C13H12ClN5O2. The third kappa shape index (κ3) is 3.73. The van der Waals surface area contributed by atoms with Crippen LogP contribution in [0.2, 0.25) is 5.28 Å². The number of hydrogen-bond donors (Lipinski definition) is 2. The van der Waals surface area contributed by atoms with Crippen LogP contribution >= 0.6 is 11.6 Å². The zero-order valence-corrected chi connectivity index (χ0v) is 11.7. The van der Waals surface area contributed by atoms with E-state index in [4.69, 9.17) is 20.4 Å². The molecule has 0 unspecified atom stereocenters. The molecule has 3 aromatic rings. The maximum Gasteiger partial charge on any atom is 0.229 e. The van der Waals surface area contributed by atoms with Gasteiger partial charge in [-0.15, -0.1) is 0 Å². The number of anilines is 2. The minimum atomic E-state index is 0.105. The maximum atomic E-state index is 5.88. The number of hydrogen-bond acceptors (Lipinski definition) is 7. The van der Waals surface area contributed by atoms with Crippen molar-refractivity contribution in [3.63, 3.8) is 0 Å². The Labute approximate surface area is 125 Å². The van der Waals surface area contributed by atoms with E-state index in [1.807, 2.05) is 24.3 Å². The Hall–Kier alpha value is -2.54. The molecule has 0 atom stereocenters. The van der Waals surface area contributed by atoms with Crippen molar-refractivity contribution in [1.82, 2.24) is 15.0 Å². The molecule has 0 aliphatic carbocycles. The lowest BCUT2D eigenvalue weighted by molar-refractivity contribution is 0.517. The summed E-state index contributed by atoms with van der Waals surface area (Å²) in [5.41, 5.74) is 0. The summed E-state index contributed by atoms with van der Waals surface area (Å²) in [5, 5.41) is 6.14. The van der Waals surface area contributed by atoms with E-state index in [-0.39, 0.29) is 5.28 Å². The van der Waals surface area contributed by atoms with E-state index in [2.05, 4.69) is 25.6 Å². The summed E-state index contributed by atoms with van der Waals surface area (Å²) in [6.45, 7) is 0.927. The van der Waals surface area contributed by atoms with Crippen LogP contribution < -0.4 is 10.6 Å². The van der Waals surface area contributed by atoms with Crippen LogP contribution in [0.4, 0.5) is 11.9 Å². The highest BCUT2D eigenvalue weighted by Crippen LogP contribution is 2.12. The van der Waals surface area contributed by atoms with Crippen molar-refractivity contribution in [3.05, 3.63) is 53.6 Å². The van der Waals surface area contributed by atoms with Gasteiger partial charge in [0.2, 0.25) is 17.2 Å². The van der Waals surface area contributed by atoms with E-state index in [1.54, 1.807) is 12.5 Å². The van der Waals surface area contributed by atoms with Crippen molar-refractivity contribution in [2.75, 3.05) is 10.6 Å². The van der Waals surface area contributed by atoms with Crippen molar-refractivity contribution in [3.8, 4) is 0 Å². The first-order chi connectivity index (χ1) is 10.3. The summed E-state index contributed by atoms with van der Waals surface area (Å²) in [5.74, 6) is 2.29. The molecule has 0 aliphatic rings. The van der Waals surface area contributed by atoms with E-state index in [1.165, 1.54) is 0 Å². The maximum absolute atomic E-state index is 5.88. The summed E-state index contributed by atoms with van der Waals surface area (Å²) < 4.78 is 10.4. The lowest BCUT2D eigenvalue weighted by atomic mass is 10.4. The van der Waals surface area contributed by atoms with E-state index in [0.29, 0.717) is 25.0 Å². The molecule has 2 N–H and O–H groups in total. The zero-order chi connectivity index (χ0) is 14.5. The van der Waals surface area contributed by atoms with Gasteiger partial charge in [0.25, 0.3) is 0 Å². The predicted molar refractivity (Wildman–Crippen MR) is 76.9 cm³/mol. The molecule has 0 radical (unpaired) electrons. The summed E-state index contributed by atoms with van der Waals surface area (Å²) in [4.78, 5) is 12.2. The molecule has 8 heteroatoms. The molecule has 21 heavy (non-hydrogen) atoms. The molecular weight excluding hydrogens is 294 g/mol. The fourth-order valence-electron chi connectivity index (χ4n) is 1.67. The van der Waals surface area contributed by atoms with Crippen LogP contribution in [0, 0.1) is 0 Å². The standard InChI is InChI=1S/C13H12ClN5O2/c14-11-17-12(15-7-9-3-1-5-20-9)19-13(18-11)16-8-10-4-2-6-21-10/h1-6H,7-8H2,(H2,15,16,17,18,19). The van der Waals surface area contributed by atoms with Crippen LogP contribution in [-0.2, 0) is 13.1 Å². The second-order valence-corrected chi connectivity index (χ2v) is 4.46. The molecule has 0 amide bonds. The van der Waals surface area contributed by atoms with Crippen molar-refractivity contribution in [2.24, 2.45) is 0 Å². The monoisotopic (exact) mass is 305 g/mol. The average molecular weight is 306 g/mol. The first-order valence-corrected chi connectivity index (χ1v) is 6.61. The second-order valence-electron chi connectivity index (χ2n) is 4.12. The fraction of sp³-hybridized carbons (Fsp3) is 0.154. The summed E-state index contributed by atoms with van der Waals surface area (Å²) in [6.07, 6.45) is 3.21. The van der Waals surface area contributed by atoms with Crippen LogP contribution in [0.25, 0.3) is 0 Å². The molecule has 3 heterocycles. The van der Waals surface area contributed by atoms with E-state index < -0.39 is 0 Å². The highest BCUT2D eigenvalue weighted by Gasteiger charge is 2.06. The first kappa shape index (κ1) is 13.4. The van der Waals surface area contributed by atoms with Gasteiger partial charge in [0.1, 0.15) is 11.5 Å². The van der Waals surface area contributed by atoms with Gasteiger partial charge in [-0.2, -0.15) is 15.0 Å². The highest BCUT2D eigenvalue weighted by molar-refractivity contribution is 6.28. The van der Waals surface area contributed by atoms with Gasteiger partial charge in [0, 0.05) is 0 Å². The number of nitrogens with one attached hydrogen (secondary N) is 2. The Morgan fingerprint density at radius 1 is 0.857 bits per heavy atom. The lowest BCUT2D eigenvalue weighted by Gasteiger charge is -2.06. The van der Waals surface area contributed by atoms with Gasteiger partial charge in [-0.25, -0.2) is 0 Å². The van der Waals surface area contributed by atoms with Gasteiger partial charge >= 0.3 is 0 Å². The predicted octanol–water partition coefficient (Wildman–Crippen LogP) is 2.94. The number of halogens is 1. The number of rotatable bonds is 6. The molecule has 0 saturated heterocycles. The Kier molecular flexibility index (Phi) is 4.02. The molecule has 0 aliphatic heterocycles. The SMILES string of the molecule is Clc1nc(NCc2ccco2)nc(NCc2ccco2)n1. The number of aromatic nitrogens is 3. The first-order valence-electron chi connectivity index (χ1n) is 6.24. The molecule has 3 rings (SSSR count). The minimum Gasteiger partial charge on any atom is -0.467 e. The summed E-state index contributed by atoms with van der Waals surface area (Å²) in [6, 6.07) is 7.33. The highest BCUT2D eigenvalue weighted by atomic mass is 35.5. The average Bonchev–Trinajstić information content (AvgIpc) is 3.16. The Bertz CT molecular complexity index is 628. The van der Waals surface area contributed by atoms with Crippen LogP contribution in [-0.4, -0.2) is 15.0 Å². The Morgan fingerprint density at radius 3 is 1.81 bits per heavy atom. The second kappa shape index (κ2) is 6.27. The zero-order valence-electron chi connectivity index (χ0n) is 10.9. The molecule has 0 spiro atoms. The van der Waals surface area contributed by atoms with Gasteiger partial charge in [0.15, 0.2) is 0 Å². The quantitative estimate of drug-likeness (QED) is 0.723. The molecule has 0 saturated carbocycles. The van der Waals surface area contributed by atoms with E-state index in [0.717, 1.165) is 11.5 Å². The van der Waals surface area contributed by atoms with Crippen molar-refractivity contribution < 1.29 is 8.83 Å². The number of furan rings is 2. The molecule has 3 aromatic heterocycles. The normalized spacial score (nSPS) is 10.5. The van der Waals surface area contributed by atoms with Crippen molar-refractivity contribution >= 4 is 23.5 Å². The summed E-state index contributed by atoms with van der Waals surface area (Å²) >= 11 is 5.88. The Morgan fingerprint density at radius 2 is 1.38 bits per heavy atom. The van der Waals surface area contributed by atoms with E-state index in [9.17, 15) is 0 Å². The lowest BCUT2D eigenvalue weighted by Crippen LogP contribution is -2.08. The third-order valence-electron chi connectivity index (χ3n) is 2.61. The minimum absolute atomic E-state index is 0.105. The molecule has 108 valence electrons. The van der Waals surface area contributed by atoms with Gasteiger partial charge in [-0.05, 0) is 35.9 Å². The summed E-state index contributed by atoms with van der Waals surface area (Å²) in [7, 11) is 0. The molecule has 0 bridgehead atoms. The van der Waals surface area contributed by atoms with Crippen LogP contribution in [0.5, 0.6) is 0 Å². The molecule has 7 nitrogen and oxygen atoms in total. The van der Waals surface area contributed by atoms with Crippen LogP contribution in [0.15, 0.2) is 45.6 Å². The number of nitrogens with zero attached hydrogens (tertiary/aromatic N) is 3. The van der Waals surface area contributed by atoms with Crippen molar-refractivity contribution in [2.45, 2.75) is 13.1 Å². The van der Waals surface area contributed by atoms with E-state index >= 15 is 0 Å². The van der Waals surface area contributed by atoms with Crippen molar-refractivity contribution in [1.29, 1.82) is 0 Å². The molecule has 0 fully saturated rings. The largest absolute Gasteiger partial charge is 0.467 e. The molecule has 0 aromatic carbocycles. The van der Waals surface area contributed by atoms with Gasteiger partial charge in [-0.1, -0.05) is 0 Å². The van der Waals surface area contributed by atoms with Gasteiger partial charge < -0.3 is 19.5 Å². The van der Waals surface area contributed by atoms with Gasteiger partial charge in [-0.3, -0.25) is 0 Å². The smallest absolute Gasteiger partial charge is 0.229 e. The third-order valence-corrected chi connectivity index (χ3v) is 2.78.